The first-order valence-electron chi connectivity index (χ1n) is 11.2. The summed E-state index contributed by atoms with van der Waals surface area (Å²) in [5.41, 5.74) is 3.93. The van der Waals surface area contributed by atoms with Crippen LogP contribution in [0.15, 0.2) is 60.8 Å². The molecule has 171 valence electrons. The van der Waals surface area contributed by atoms with E-state index in [0.717, 1.165) is 17.5 Å². The van der Waals surface area contributed by atoms with E-state index in [1.807, 2.05) is 18.2 Å². The molecule has 33 heavy (non-hydrogen) atoms. The molecule has 0 unspecified atom stereocenters. The fourth-order valence-electron chi connectivity index (χ4n) is 3.84. The molecule has 0 aliphatic carbocycles. The largest absolute Gasteiger partial charge is 0.493 e. The lowest BCUT2D eigenvalue weighted by Crippen LogP contribution is -2.48. The Balaban J connectivity index is 1.36. The average Bonchev–Trinajstić information content (AvgIpc) is 2.82. The summed E-state index contributed by atoms with van der Waals surface area (Å²) in [6.45, 7) is 7.85. The van der Waals surface area contributed by atoms with Crippen molar-refractivity contribution in [3.8, 4) is 17.2 Å². The summed E-state index contributed by atoms with van der Waals surface area (Å²) in [6, 6.07) is 17.8. The smallest absolute Gasteiger partial charge is 0.272 e. The normalized spacial score (nSPS) is 13.4. The molecular formula is C27H29N2O4. The topological polar surface area (TPSA) is 60.9 Å². The second-order valence-electron chi connectivity index (χ2n) is 8.00. The summed E-state index contributed by atoms with van der Waals surface area (Å²) >= 11 is 0. The Morgan fingerprint density at radius 1 is 1.03 bits per heavy atom. The van der Waals surface area contributed by atoms with Crippen molar-refractivity contribution < 1.29 is 19.0 Å². The summed E-state index contributed by atoms with van der Waals surface area (Å²) in [5, 5.41) is 0. The van der Waals surface area contributed by atoms with Crippen molar-refractivity contribution in [2.24, 2.45) is 0 Å². The number of carbonyl (C=O) groups excluding carboxylic acids is 1. The van der Waals surface area contributed by atoms with E-state index in [9.17, 15) is 4.79 Å². The molecule has 2 aromatic carbocycles. The minimum Gasteiger partial charge on any atom is -0.493 e. The van der Waals surface area contributed by atoms with Gasteiger partial charge in [-0.25, -0.2) is 0 Å². The van der Waals surface area contributed by atoms with Gasteiger partial charge in [0.1, 0.15) is 18.1 Å². The Hall–Kier alpha value is -3.54. The van der Waals surface area contributed by atoms with Gasteiger partial charge in [-0.05, 0) is 48.2 Å². The lowest BCUT2D eigenvalue weighted by atomic mass is 9.91. The third-order valence-corrected chi connectivity index (χ3v) is 5.87. The van der Waals surface area contributed by atoms with Crippen molar-refractivity contribution in [3.05, 3.63) is 90.1 Å². The summed E-state index contributed by atoms with van der Waals surface area (Å²) in [4.78, 5) is 18.7. The number of likely N-dealkylation sites (tertiary alicyclic amines) is 1. The second kappa shape index (κ2) is 10.4. The van der Waals surface area contributed by atoms with Crippen molar-refractivity contribution >= 4 is 5.91 Å². The molecule has 0 bridgehead atoms. The van der Waals surface area contributed by atoms with Crippen LogP contribution in [-0.2, 0) is 13.0 Å². The minimum atomic E-state index is -0.0956. The van der Waals surface area contributed by atoms with Crippen LogP contribution in [0.3, 0.4) is 0 Å². The van der Waals surface area contributed by atoms with Crippen molar-refractivity contribution in [2.75, 3.05) is 26.8 Å². The van der Waals surface area contributed by atoms with Crippen LogP contribution in [0.2, 0.25) is 0 Å². The van der Waals surface area contributed by atoms with Crippen LogP contribution in [0.5, 0.6) is 17.2 Å². The third kappa shape index (κ3) is 5.28. The molecule has 4 rings (SSSR count). The Labute approximate surface area is 195 Å². The monoisotopic (exact) mass is 445 g/mol. The Bertz CT molecular complexity index is 1090. The van der Waals surface area contributed by atoms with Crippen LogP contribution in [0.25, 0.3) is 0 Å². The molecule has 1 aromatic heterocycles. The number of nitrogens with zero attached hydrogens (tertiary/aromatic N) is 2. The fourth-order valence-corrected chi connectivity index (χ4v) is 3.84. The molecule has 1 saturated heterocycles. The Morgan fingerprint density at radius 2 is 1.79 bits per heavy atom. The van der Waals surface area contributed by atoms with Gasteiger partial charge in [0.2, 0.25) is 0 Å². The average molecular weight is 446 g/mol. The number of carbonyl (C=O) groups is 1. The molecule has 1 amide bonds. The first kappa shape index (κ1) is 22.6. The Kier molecular flexibility index (Phi) is 7.13. The van der Waals surface area contributed by atoms with Gasteiger partial charge < -0.3 is 19.1 Å². The number of hydrogen-bond donors (Lipinski definition) is 0. The zero-order valence-corrected chi connectivity index (χ0v) is 19.1. The maximum Gasteiger partial charge on any atom is 0.272 e. The number of amides is 1. The van der Waals surface area contributed by atoms with Gasteiger partial charge in [-0.3, -0.25) is 9.78 Å². The lowest BCUT2D eigenvalue weighted by molar-refractivity contribution is 0.0595. The van der Waals surface area contributed by atoms with Crippen LogP contribution in [0.1, 0.15) is 40.0 Å². The molecule has 2 heterocycles. The quantitative estimate of drug-likeness (QED) is 0.478. The number of aryl methyl sites for hydroxylation is 1. The predicted molar refractivity (Wildman–Crippen MR) is 127 cm³/mol. The van der Waals surface area contributed by atoms with Gasteiger partial charge in [-0.2, -0.15) is 0 Å². The molecule has 0 atom stereocenters. The van der Waals surface area contributed by atoms with Gasteiger partial charge in [0.05, 0.1) is 13.7 Å². The van der Waals surface area contributed by atoms with Gasteiger partial charge in [0, 0.05) is 31.3 Å². The van der Waals surface area contributed by atoms with E-state index in [1.165, 1.54) is 5.56 Å². The van der Waals surface area contributed by atoms with E-state index in [-0.39, 0.29) is 11.8 Å². The lowest BCUT2D eigenvalue weighted by Gasteiger charge is -2.39. The standard InChI is InChI=1S/C27H29N2O4/c1-4-19-6-8-20(9-7-19)18-33-25-11-10-21(14-26(25)31-3)22-16-29(17-22)27(30)24-15-23(32-5-2)12-13-28-24/h6-15,22H,2,4-5,16-18H2,1,3H3. The van der Waals surface area contributed by atoms with E-state index in [2.05, 4.69) is 43.1 Å². The molecule has 0 N–H and O–H groups in total. The SMILES string of the molecule is [CH2]COc1ccnc(C(=O)N2CC(c3ccc(OCc4ccc(CC)cc4)c(OC)c3)C2)c1. The fraction of sp³-hybridized carbons (Fsp3) is 0.296. The maximum absolute atomic E-state index is 12.7. The Morgan fingerprint density at radius 3 is 2.48 bits per heavy atom. The van der Waals surface area contributed by atoms with E-state index in [1.54, 1.807) is 30.3 Å². The number of pyridine rings is 1. The number of aromatic nitrogens is 1. The zero-order valence-electron chi connectivity index (χ0n) is 19.1. The summed E-state index contributed by atoms with van der Waals surface area (Å²) in [5.74, 6) is 2.16. The number of methoxy groups -OCH3 is 1. The predicted octanol–water partition coefficient (Wildman–Crippen LogP) is 4.68. The summed E-state index contributed by atoms with van der Waals surface area (Å²) in [7, 11) is 1.64. The van der Waals surface area contributed by atoms with E-state index in [0.29, 0.717) is 49.2 Å². The highest BCUT2D eigenvalue weighted by Crippen LogP contribution is 2.35. The molecule has 3 aromatic rings. The van der Waals surface area contributed by atoms with Gasteiger partial charge in [-0.1, -0.05) is 37.3 Å². The van der Waals surface area contributed by atoms with Crippen LogP contribution < -0.4 is 14.2 Å². The van der Waals surface area contributed by atoms with Crippen LogP contribution in [-0.4, -0.2) is 42.6 Å². The molecule has 1 radical (unpaired) electrons. The maximum atomic E-state index is 12.7. The molecule has 6 nitrogen and oxygen atoms in total. The molecule has 0 spiro atoms. The van der Waals surface area contributed by atoms with Crippen LogP contribution >= 0.6 is 0 Å². The van der Waals surface area contributed by atoms with Crippen molar-refractivity contribution in [3.63, 3.8) is 0 Å². The first-order chi connectivity index (χ1) is 16.1. The number of hydrogen-bond acceptors (Lipinski definition) is 5. The van der Waals surface area contributed by atoms with Crippen molar-refractivity contribution in [1.82, 2.24) is 9.88 Å². The van der Waals surface area contributed by atoms with Crippen LogP contribution in [0.4, 0.5) is 0 Å². The number of ether oxygens (including phenoxy) is 3. The van der Waals surface area contributed by atoms with E-state index in [4.69, 9.17) is 14.2 Å². The minimum absolute atomic E-state index is 0.0956. The zero-order chi connectivity index (χ0) is 23.2. The number of rotatable bonds is 9. The summed E-state index contributed by atoms with van der Waals surface area (Å²) < 4.78 is 16.9. The highest BCUT2D eigenvalue weighted by atomic mass is 16.5. The van der Waals surface area contributed by atoms with Crippen molar-refractivity contribution in [1.29, 1.82) is 0 Å². The molecule has 1 aliphatic heterocycles. The van der Waals surface area contributed by atoms with Crippen LogP contribution in [0, 0.1) is 6.92 Å². The van der Waals surface area contributed by atoms with Gasteiger partial charge in [0.25, 0.3) is 5.91 Å². The van der Waals surface area contributed by atoms with E-state index < -0.39 is 0 Å². The highest BCUT2D eigenvalue weighted by molar-refractivity contribution is 5.93. The summed E-state index contributed by atoms with van der Waals surface area (Å²) in [6.07, 6.45) is 2.60. The second-order valence-corrected chi connectivity index (χ2v) is 8.00. The molecule has 0 saturated carbocycles. The van der Waals surface area contributed by atoms with Gasteiger partial charge in [0.15, 0.2) is 11.5 Å². The molecular weight excluding hydrogens is 416 g/mol. The highest BCUT2D eigenvalue weighted by Gasteiger charge is 2.33. The van der Waals surface area contributed by atoms with E-state index >= 15 is 0 Å². The van der Waals surface area contributed by atoms with Gasteiger partial charge in [-0.15, -0.1) is 0 Å². The third-order valence-electron chi connectivity index (χ3n) is 5.87. The van der Waals surface area contributed by atoms with Gasteiger partial charge >= 0.3 is 0 Å². The molecule has 1 aliphatic rings. The first-order valence-corrected chi connectivity index (χ1v) is 11.2. The molecule has 6 heteroatoms. The molecule has 1 fully saturated rings. The number of benzene rings is 2. The van der Waals surface area contributed by atoms with Crippen molar-refractivity contribution in [2.45, 2.75) is 25.9 Å².